The van der Waals surface area contributed by atoms with Crippen LogP contribution in [0.1, 0.15) is 18.4 Å². The average Bonchev–Trinajstić information content (AvgIpc) is 2.97. The molecule has 1 unspecified atom stereocenters. The number of rotatable bonds is 5. The van der Waals surface area contributed by atoms with E-state index in [1.807, 2.05) is 21.7 Å². The summed E-state index contributed by atoms with van der Waals surface area (Å²) in [6.45, 7) is 2.22. The van der Waals surface area contributed by atoms with Gasteiger partial charge in [-0.25, -0.2) is 0 Å². The van der Waals surface area contributed by atoms with Gasteiger partial charge in [-0.2, -0.15) is 11.3 Å². The number of hydrogen-bond donors (Lipinski definition) is 2. The van der Waals surface area contributed by atoms with Gasteiger partial charge in [-0.05, 0) is 35.2 Å². The van der Waals surface area contributed by atoms with Gasteiger partial charge in [-0.1, -0.05) is 0 Å². The predicted molar refractivity (Wildman–Crippen MR) is 79.4 cm³/mol. The highest BCUT2D eigenvalue weighted by Crippen LogP contribution is 2.18. The Bertz CT molecular complexity index is 447. The van der Waals surface area contributed by atoms with E-state index in [9.17, 15) is 9.59 Å². The summed E-state index contributed by atoms with van der Waals surface area (Å²) in [5.41, 5.74) is 6.43. The zero-order valence-corrected chi connectivity index (χ0v) is 12.3. The highest BCUT2D eigenvalue weighted by Gasteiger charge is 2.28. The lowest BCUT2D eigenvalue weighted by molar-refractivity contribution is -0.135. The second-order valence-electron chi connectivity index (χ2n) is 5.07. The Morgan fingerprint density at radius 3 is 3.05 bits per heavy atom. The van der Waals surface area contributed by atoms with Crippen molar-refractivity contribution < 1.29 is 9.59 Å². The lowest BCUT2D eigenvalue weighted by atomic mass is 9.96. The Balaban J connectivity index is 1.86. The normalized spacial score (nSPS) is 18.9. The second kappa shape index (κ2) is 7.40. The summed E-state index contributed by atoms with van der Waals surface area (Å²) in [4.78, 5) is 26.0. The van der Waals surface area contributed by atoms with E-state index in [0.717, 1.165) is 24.9 Å². The molecule has 110 valence electrons. The van der Waals surface area contributed by atoms with Crippen molar-refractivity contribution in [2.45, 2.75) is 19.3 Å². The molecule has 1 saturated heterocycles. The molecule has 5 nitrogen and oxygen atoms in total. The van der Waals surface area contributed by atoms with E-state index in [4.69, 9.17) is 5.73 Å². The summed E-state index contributed by atoms with van der Waals surface area (Å²) >= 11 is 1.60. The van der Waals surface area contributed by atoms with E-state index in [1.165, 1.54) is 0 Å². The molecule has 1 atom stereocenters. The summed E-state index contributed by atoms with van der Waals surface area (Å²) in [5.74, 6) is 0.0323. The molecule has 1 fully saturated rings. The van der Waals surface area contributed by atoms with Gasteiger partial charge in [-0.15, -0.1) is 0 Å². The SMILES string of the molecule is NCCNC(=O)C1CCCN(C(=O)Cc2ccsc2)C1. The van der Waals surface area contributed by atoms with Crippen LogP contribution in [0.4, 0.5) is 0 Å². The van der Waals surface area contributed by atoms with Gasteiger partial charge in [0.05, 0.1) is 12.3 Å². The van der Waals surface area contributed by atoms with Crippen LogP contribution in [-0.2, 0) is 16.0 Å². The zero-order chi connectivity index (χ0) is 14.4. The number of amides is 2. The van der Waals surface area contributed by atoms with Gasteiger partial charge in [0, 0.05) is 26.2 Å². The summed E-state index contributed by atoms with van der Waals surface area (Å²) in [7, 11) is 0. The molecule has 2 amide bonds. The minimum Gasteiger partial charge on any atom is -0.355 e. The van der Waals surface area contributed by atoms with E-state index < -0.39 is 0 Å². The number of carbonyl (C=O) groups is 2. The number of thiophene rings is 1. The van der Waals surface area contributed by atoms with Crippen molar-refractivity contribution in [1.82, 2.24) is 10.2 Å². The number of nitrogens with zero attached hydrogens (tertiary/aromatic N) is 1. The van der Waals surface area contributed by atoms with Crippen molar-refractivity contribution in [1.29, 1.82) is 0 Å². The maximum atomic E-state index is 12.2. The number of nitrogens with one attached hydrogen (secondary N) is 1. The summed E-state index contributed by atoms with van der Waals surface area (Å²) in [5, 5.41) is 6.77. The minimum atomic E-state index is -0.0956. The van der Waals surface area contributed by atoms with Crippen LogP contribution in [-0.4, -0.2) is 42.9 Å². The van der Waals surface area contributed by atoms with Gasteiger partial charge in [-0.3, -0.25) is 9.59 Å². The number of carbonyl (C=O) groups excluding carboxylic acids is 2. The van der Waals surface area contributed by atoms with Crippen LogP contribution in [0.2, 0.25) is 0 Å². The zero-order valence-electron chi connectivity index (χ0n) is 11.5. The van der Waals surface area contributed by atoms with Crippen molar-refractivity contribution in [2.75, 3.05) is 26.2 Å². The van der Waals surface area contributed by atoms with E-state index >= 15 is 0 Å². The average molecular weight is 295 g/mol. The molecule has 1 aromatic heterocycles. The second-order valence-corrected chi connectivity index (χ2v) is 5.85. The van der Waals surface area contributed by atoms with Crippen LogP contribution >= 0.6 is 11.3 Å². The van der Waals surface area contributed by atoms with Crippen LogP contribution in [0, 0.1) is 5.92 Å². The molecule has 1 aromatic rings. The molecular weight excluding hydrogens is 274 g/mol. The van der Waals surface area contributed by atoms with Gasteiger partial charge in [0.2, 0.25) is 11.8 Å². The predicted octanol–water partition coefficient (Wildman–Crippen LogP) is 0.604. The standard InChI is InChI=1S/C14H21N3O2S/c15-4-5-16-14(19)12-2-1-6-17(9-12)13(18)8-11-3-7-20-10-11/h3,7,10,12H,1-2,4-6,8-9,15H2,(H,16,19). The van der Waals surface area contributed by atoms with Crippen molar-refractivity contribution in [3.05, 3.63) is 22.4 Å². The molecule has 0 aromatic carbocycles. The number of piperidine rings is 1. The molecule has 0 spiro atoms. The first-order chi connectivity index (χ1) is 9.70. The molecule has 0 aliphatic carbocycles. The summed E-state index contributed by atoms with van der Waals surface area (Å²) < 4.78 is 0. The Labute approximate surface area is 123 Å². The van der Waals surface area contributed by atoms with Crippen LogP contribution in [0.15, 0.2) is 16.8 Å². The number of hydrogen-bond acceptors (Lipinski definition) is 4. The summed E-state index contributed by atoms with van der Waals surface area (Å²) in [6.07, 6.45) is 2.16. The van der Waals surface area contributed by atoms with Crippen LogP contribution in [0.3, 0.4) is 0 Å². The molecule has 6 heteroatoms. The van der Waals surface area contributed by atoms with Crippen molar-refractivity contribution in [2.24, 2.45) is 11.7 Å². The fraction of sp³-hybridized carbons (Fsp3) is 0.571. The van der Waals surface area contributed by atoms with Gasteiger partial charge in [0.15, 0.2) is 0 Å². The number of likely N-dealkylation sites (tertiary alicyclic amines) is 1. The van der Waals surface area contributed by atoms with Crippen LogP contribution in [0.5, 0.6) is 0 Å². The molecule has 2 rings (SSSR count). The third-order valence-electron chi connectivity index (χ3n) is 3.52. The number of nitrogens with two attached hydrogens (primary N) is 1. The van der Waals surface area contributed by atoms with Crippen molar-refractivity contribution >= 4 is 23.2 Å². The topological polar surface area (TPSA) is 75.4 Å². The summed E-state index contributed by atoms with van der Waals surface area (Å²) in [6, 6.07) is 1.97. The lowest BCUT2D eigenvalue weighted by Gasteiger charge is -2.32. The van der Waals surface area contributed by atoms with E-state index in [1.54, 1.807) is 11.3 Å². The quantitative estimate of drug-likeness (QED) is 0.835. The molecular formula is C14H21N3O2S. The van der Waals surface area contributed by atoms with E-state index in [0.29, 0.717) is 26.1 Å². The molecule has 2 heterocycles. The van der Waals surface area contributed by atoms with Crippen LogP contribution in [0.25, 0.3) is 0 Å². The fourth-order valence-corrected chi connectivity index (χ4v) is 3.11. The molecule has 0 bridgehead atoms. The van der Waals surface area contributed by atoms with Gasteiger partial charge in [0.25, 0.3) is 0 Å². The fourth-order valence-electron chi connectivity index (χ4n) is 2.44. The molecule has 0 radical (unpaired) electrons. The van der Waals surface area contributed by atoms with E-state index in [2.05, 4.69) is 5.32 Å². The smallest absolute Gasteiger partial charge is 0.227 e. The van der Waals surface area contributed by atoms with Gasteiger partial charge in [0.1, 0.15) is 0 Å². The van der Waals surface area contributed by atoms with Crippen molar-refractivity contribution in [3.63, 3.8) is 0 Å². The lowest BCUT2D eigenvalue weighted by Crippen LogP contribution is -2.46. The molecule has 3 N–H and O–H groups in total. The first kappa shape index (κ1) is 15.0. The van der Waals surface area contributed by atoms with Crippen molar-refractivity contribution in [3.8, 4) is 0 Å². The molecule has 0 saturated carbocycles. The van der Waals surface area contributed by atoms with Gasteiger partial charge >= 0.3 is 0 Å². The third-order valence-corrected chi connectivity index (χ3v) is 4.26. The monoisotopic (exact) mass is 295 g/mol. The Kier molecular flexibility index (Phi) is 5.55. The minimum absolute atomic E-state index is 0.0171. The maximum Gasteiger partial charge on any atom is 0.227 e. The van der Waals surface area contributed by atoms with E-state index in [-0.39, 0.29) is 17.7 Å². The first-order valence-corrected chi connectivity index (χ1v) is 7.91. The van der Waals surface area contributed by atoms with Crippen LogP contribution < -0.4 is 11.1 Å². The largest absolute Gasteiger partial charge is 0.355 e. The Morgan fingerprint density at radius 1 is 1.50 bits per heavy atom. The highest BCUT2D eigenvalue weighted by molar-refractivity contribution is 7.07. The maximum absolute atomic E-state index is 12.2. The first-order valence-electron chi connectivity index (χ1n) is 6.97. The third kappa shape index (κ3) is 4.05. The Hall–Kier alpha value is -1.40. The molecule has 20 heavy (non-hydrogen) atoms. The highest BCUT2D eigenvalue weighted by atomic mass is 32.1. The Morgan fingerprint density at radius 2 is 2.35 bits per heavy atom. The molecule has 1 aliphatic rings. The van der Waals surface area contributed by atoms with Gasteiger partial charge < -0.3 is 16.0 Å². The molecule has 1 aliphatic heterocycles.